The Bertz CT molecular complexity index is 358. The molecule has 0 atom stereocenters. The molecule has 6 heteroatoms. The first-order valence-corrected chi connectivity index (χ1v) is 7.51. The number of nitrogens with one attached hydrogen (secondary N) is 1. The third kappa shape index (κ3) is 4.51. The first-order valence-electron chi connectivity index (χ1n) is 7.51. The van der Waals surface area contributed by atoms with Gasteiger partial charge in [0.1, 0.15) is 6.54 Å². The molecule has 6 nitrogen and oxygen atoms in total. The Labute approximate surface area is 120 Å². The summed E-state index contributed by atoms with van der Waals surface area (Å²) < 4.78 is 0. The fraction of sp³-hybridized carbons (Fsp3) is 0.786. The van der Waals surface area contributed by atoms with Crippen molar-refractivity contribution in [3.8, 4) is 0 Å². The lowest BCUT2D eigenvalue weighted by atomic mass is 10.2. The van der Waals surface area contributed by atoms with Gasteiger partial charge in [-0.05, 0) is 12.8 Å². The highest BCUT2D eigenvalue weighted by atomic mass is 16.2. The van der Waals surface area contributed by atoms with Crippen LogP contribution in [0.2, 0.25) is 0 Å². The molecule has 1 N–H and O–H groups in total. The van der Waals surface area contributed by atoms with E-state index >= 15 is 0 Å². The Morgan fingerprint density at radius 3 is 2.45 bits per heavy atom. The van der Waals surface area contributed by atoms with Gasteiger partial charge in [-0.25, -0.2) is 9.59 Å². The average molecular weight is 283 g/mol. The SMILES string of the molecule is CCCCCCNC(=O)N1C(=O)CN(CCCC)C1=O. The summed E-state index contributed by atoms with van der Waals surface area (Å²) in [7, 11) is 0. The van der Waals surface area contributed by atoms with Crippen LogP contribution in [0.4, 0.5) is 9.59 Å². The van der Waals surface area contributed by atoms with Gasteiger partial charge in [-0.1, -0.05) is 39.5 Å². The lowest BCUT2D eigenvalue weighted by Crippen LogP contribution is -2.44. The van der Waals surface area contributed by atoms with E-state index < -0.39 is 18.0 Å². The van der Waals surface area contributed by atoms with Gasteiger partial charge in [-0.3, -0.25) is 4.79 Å². The molecule has 1 heterocycles. The predicted octanol–water partition coefficient (Wildman–Crippen LogP) is 2.34. The molecular weight excluding hydrogens is 258 g/mol. The fourth-order valence-corrected chi connectivity index (χ4v) is 2.10. The van der Waals surface area contributed by atoms with Crippen LogP contribution in [0.1, 0.15) is 52.4 Å². The lowest BCUT2D eigenvalue weighted by Gasteiger charge is -2.16. The summed E-state index contributed by atoms with van der Waals surface area (Å²) >= 11 is 0. The van der Waals surface area contributed by atoms with Crippen molar-refractivity contribution in [2.75, 3.05) is 19.6 Å². The highest BCUT2D eigenvalue weighted by Crippen LogP contribution is 2.11. The van der Waals surface area contributed by atoms with Crippen LogP contribution in [0.5, 0.6) is 0 Å². The number of hydrogen-bond donors (Lipinski definition) is 1. The van der Waals surface area contributed by atoms with Crippen LogP contribution in [-0.2, 0) is 4.79 Å². The maximum Gasteiger partial charge on any atom is 0.335 e. The molecular formula is C14H25N3O3. The van der Waals surface area contributed by atoms with Gasteiger partial charge < -0.3 is 10.2 Å². The summed E-state index contributed by atoms with van der Waals surface area (Å²) in [5, 5.41) is 2.64. The molecule has 1 aliphatic heterocycles. The molecule has 0 aromatic heterocycles. The van der Waals surface area contributed by atoms with Crippen molar-refractivity contribution in [2.24, 2.45) is 0 Å². The van der Waals surface area contributed by atoms with Gasteiger partial charge >= 0.3 is 12.1 Å². The van der Waals surface area contributed by atoms with Gasteiger partial charge in [-0.15, -0.1) is 0 Å². The first kappa shape index (κ1) is 16.5. The molecule has 1 saturated heterocycles. The molecule has 1 rings (SSSR count). The number of carbonyl (C=O) groups excluding carboxylic acids is 3. The van der Waals surface area contributed by atoms with Gasteiger partial charge in [-0.2, -0.15) is 4.90 Å². The van der Waals surface area contributed by atoms with Crippen LogP contribution < -0.4 is 5.32 Å². The zero-order valence-electron chi connectivity index (χ0n) is 12.5. The van der Waals surface area contributed by atoms with E-state index in [0.717, 1.165) is 43.4 Å². The molecule has 0 saturated carbocycles. The van der Waals surface area contributed by atoms with Gasteiger partial charge in [0, 0.05) is 13.1 Å². The van der Waals surface area contributed by atoms with Crippen molar-refractivity contribution < 1.29 is 14.4 Å². The Kier molecular flexibility index (Phi) is 7.04. The molecule has 0 unspecified atom stereocenters. The molecule has 5 amide bonds. The number of carbonyl (C=O) groups is 3. The Balaban J connectivity index is 2.39. The van der Waals surface area contributed by atoms with Crippen molar-refractivity contribution in [2.45, 2.75) is 52.4 Å². The van der Waals surface area contributed by atoms with E-state index in [1.54, 1.807) is 0 Å². The van der Waals surface area contributed by atoms with E-state index in [-0.39, 0.29) is 6.54 Å². The van der Waals surface area contributed by atoms with E-state index in [9.17, 15) is 14.4 Å². The second kappa shape index (κ2) is 8.55. The quantitative estimate of drug-likeness (QED) is 0.549. The van der Waals surface area contributed by atoms with Crippen molar-refractivity contribution in [3.05, 3.63) is 0 Å². The van der Waals surface area contributed by atoms with Gasteiger partial charge in [0.15, 0.2) is 0 Å². The summed E-state index contributed by atoms with van der Waals surface area (Å²) in [5.41, 5.74) is 0. The molecule has 1 fully saturated rings. The highest BCUT2D eigenvalue weighted by molar-refractivity contribution is 6.14. The molecule has 1 aliphatic rings. The summed E-state index contributed by atoms with van der Waals surface area (Å²) in [5.74, 6) is -0.433. The number of unbranched alkanes of at least 4 members (excludes halogenated alkanes) is 4. The molecule has 0 aliphatic carbocycles. The second-order valence-corrected chi connectivity index (χ2v) is 5.08. The number of urea groups is 2. The van der Waals surface area contributed by atoms with Crippen LogP contribution in [-0.4, -0.2) is 47.4 Å². The number of nitrogens with zero attached hydrogens (tertiary/aromatic N) is 2. The highest BCUT2D eigenvalue weighted by Gasteiger charge is 2.39. The van der Waals surface area contributed by atoms with Crippen LogP contribution in [0, 0.1) is 0 Å². The van der Waals surface area contributed by atoms with Gasteiger partial charge in [0.2, 0.25) is 0 Å². The molecule has 0 aromatic rings. The standard InChI is InChI=1S/C14H25N3O3/c1-3-5-7-8-9-15-13(19)17-12(18)11-16(14(17)20)10-6-4-2/h3-11H2,1-2H3,(H,15,19). The van der Waals surface area contributed by atoms with Crippen LogP contribution in [0.25, 0.3) is 0 Å². The summed E-state index contributed by atoms with van der Waals surface area (Å²) in [4.78, 5) is 37.7. The molecule has 20 heavy (non-hydrogen) atoms. The minimum Gasteiger partial charge on any atom is -0.337 e. The second-order valence-electron chi connectivity index (χ2n) is 5.08. The third-order valence-corrected chi connectivity index (χ3v) is 3.33. The summed E-state index contributed by atoms with van der Waals surface area (Å²) in [6.07, 6.45) is 5.95. The average Bonchev–Trinajstić information content (AvgIpc) is 2.70. The zero-order chi connectivity index (χ0) is 15.0. The van der Waals surface area contributed by atoms with E-state index in [1.807, 2.05) is 6.92 Å². The topological polar surface area (TPSA) is 69.7 Å². The van der Waals surface area contributed by atoms with Gasteiger partial charge in [0.25, 0.3) is 5.91 Å². The van der Waals surface area contributed by atoms with E-state index in [4.69, 9.17) is 0 Å². The van der Waals surface area contributed by atoms with Crippen LogP contribution in [0.3, 0.4) is 0 Å². The maximum atomic E-state index is 12.0. The first-order chi connectivity index (χ1) is 9.61. The van der Waals surface area contributed by atoms with E-state index in [1.165, 1.54) is 4.90 Å². The number of imide groups is 3. The number of hydrogen-bond acceptors (Lipinski definition) is 3. The predicted molar refractivity (Wildman–Crippen MR) is 76.3 cm³/mol. The molecule has 0 aromatic carbocycles. The van der Waals surface area contributed by atoms with Gasteiger partial charge in [0.05, 0.1) is 0 Å². The fourth-order valence-electron chi connectivity index (χ4n) is 2.10. The summed E-state index contributed by atoms with van der Waals surface area (Å²) in [6, 6.07) is -1.08. The largest absolute Gasteiger partial charge is 0.337 e. The lowest BCUT2D eigenvalue weighted by molar-refractivity contribution is -0.123. The van der Waals surface area contributed by atoms with Crippen molar-refractivity contribution in [1.82, 2.24) is 15.1 Å². The van der Waals surface area contributed by atoms with Crippen molar-refractivity contribution in [3.63, 3.8) is 0 Å². The van der Waals surface area contributed by atoms with Crippen LogP contribution in [0.15, 0.2) is 0 Å². The monoisotopic (exact) mass is 283 g/mol. The maximum absolute atomic E-state index is 12.0. The minimum absolute atomic E-state index is 0.0160. The summed E-state index contributed by atoms with van der Waals surface area (Å²) in [6.45, 7) is 5.18. The Morgan fingerprint density at radius 2 is 1.80 bits per heavy atom. The Hall–Kier alpha value is -1.59. The smallest absolute Gasteiger partial charge is 0.335 e. The molecule has 0 bridgehead atoms. The van der Waals surface area contributed by atoms with E-state index in [0.29, 0.717) is 13.1 Å². The molecule has 0 radical (unpaired) electrons. The number of rotatable bonds is 8. The third-order valence-electron chi connectivity index (χ3n) is 3.33. The van der Waals surface area contributed by atoms with E-state index in [2.05, 4.69) is 12.2 Å². The number of amides is 5. The molecule has 114 valence electrons. The normalized spacial score (nSPS) is 15.1. The minimum atomic E-state index is -0.588. The van der Waals surface area contributed by atoms with Crippen molar-refractivity contribution >= 4 is 18.0 Å². The van der Waals surface area contributed by atoms with Crippen molar-refractivity contribution in [1.29, 1.82) is 0 Å². The Morgan fingerprint density at radius 1 is 1.10 bits per heavy atom. The van der Waals surface area contributed by atoms with Crippen LogP contribution >= 0.6 is 0 Å². The zero-order valence-corrected chi connectivity index (χ0v) is 12.5. The molecule has 0 spiro atoms.